The summed E-state index contributed by atoms with van der Waals surface area (Å²) in [6.45, 7) is 6.85. The number of amides is 7. The van der Waals surface area contributed by atoms with Crippen LogP contribution in [-0.4, -0.2) is 89.5 Å². The summed E-state index contributed by atoms with van der Waals surface area (Å²) in [6.07, 6.45) is 2.18. The van der Waals surface area contributed by atoms with Crippen molar-refractivity contribution in [3.05, 3.63) is 102 Å². The number of para-hydroxylation sites is 2. The van der Waals surface area contributed by atoms with Crippen LogP contribution in [0, 0.1) is 6.92 Å². The van der Waals surface area contributed by atoms with Gasteiger partial charge in [-0.3, -0.25) is 19.2 Å². The van der Waals surface area contributed by atoms with Gasteiger partial charge in [0.15, 0.2) is 0 Å². The Bertz CT molecular complexity index is 2010. The van der Waals surface area contributed by atoms with Crippen molar-refractivity contribution in [2.75, 3.05) is 25.5 Å². The van der Waals surface area contributed by atoms with Gasteiger partial charge in [0.05, 0.1) is 6.54 Å². The Kier molecular flexibility index (Phi) is 15.6. The Labute approximate surface area is 332 Å². The highest BCUT2D eigenvalue weighted by molar-refractivity contribution is 5.94. The van der Waals surface area contributed by atoms with Gasteiger partial charge in [-0.15, -0.1) is 0 Å². The van der Waals surface area contributed by atoms with Crippen LogP contribution in [0.3, 0.4) is 0 Å². The minimum atomic E-state index is -1.15. The molecule has 15 heteroatoms. The van der Waals surface area contributed by atoms with E-state index in [-0.39, 0.29) is 31.8 Å². The van der Waals surface area contributed by atoms with Crippen molar-refractivity contribution in [1.29, 1.82) is 0 Å². The molecule has 0 aliphatic heterocycles. The van der Waals surface area contributed by atoms with Crippen molar-refractivity contribution >= 4 is 52.3 Å². The summed E-state index contributed by atoms with van der Waals surface area (Å²) >= 11 is 0. The number of primary amides is 1. The molecule has 0 radical (unpaired) electrons. The highest BCUT2D eigenvalue weighted by Crippen LogP contribution is 2.20. The van der Waals surface area contributed by atoms with Gasteiger partial charge in [0.2, 0.25) is 23.6 Å². The van der Waals surface area contributed by atoms with Crippen LogP contribution in [0.4, 0.5) is 15.3 Å². The molecule has 7 amide bonds. The number of rotatable bonds is 18. The van der Waals surface area contributed by atoms with Gasteiger partial charge in [-0.05, 0) is 75.8 Å². The topological polar surface area (TPSA) is 217 Å². The van der Waals surface area contributed by atoms with E-state index in [4.69, 9.17) is 10.5 Å². The number of nitrogens with zero attached hydrogens (tertiary/aromatic N) is 1. The van der Waals surface area contributed by atoms with Gasteiger partial charge in [0.25, 0.3) is 0 Å². The van der Waals surface area contributed by atoms with E-state index in [1.54, 1.807) is 57.3 Å². The van der Waals surface area contributed by atoms with Gasteiger partial charge in [-0.2, -0.15) is 0 Å². The zero-order valence-electron chi connectivity index (χ0n) is 33.1. The first-order valence-electron chi connectivity index (χ1n) is 18.9. The van der Waals surface area contributed by atoms with E-state index in [1.807, 2.05) is 55.5 Å². The number of fused-ring (bicyclic) bond motifs is 1. The van der Waals surface area contributed by atoms with Gasteiger partial charge < -0.3 is 46.9 Å². The molecule has 0 aliphatic rings. The fourth-order valence-electron chi connectivity index (χ4n) is 6.14. The number of aromatic nitrogens is 1. The number of ether oxygens (including phenoxy) is 1. The first kappa shape index (κ1) is 43.3. The number of aromatic amines is 1. The van der Waals surface area contributed by atoms with Gasteiger partial charge in [-0.1, -0.05) is 66.7 Å². The second-order valence-electron chi connectivity index (χ2n) is 14.9. The Morgan fingerprint density at radius 2 is 1.49 bits per heavy atom. The predicted octanol–water partition coefficient (Wildman–Crippen LogP) is 4.06. The minimum Gasteiger partial charge on any atom is -0.444 e. The summed E-state index contributed by atoms with van der Waals surface area (Å²) in [5, 5.41) is 14.6. The molecule has 3 atom stereocenters. The second-order valence-corrected chi connectivity index (χ2v) is 14.9. The third-order valence-corrected chi connectivity index (χ3v) is 9.04. The number of likely N-dealkylation sites (N-methyl/N-ethyl adjacent to an activating group) is 1. The zero-order chi connectivity index (χ0) is 41.5. The molecule has 15 nitrogen and oxygen atoms in total. The number of carbonyl (C=O) groups excluding carboxylic acids is 6. The normalized spacial score (nSPS) is 12.7. The van der Waals surface area contributed by atoms with E-state index in [1.165, 1.54) is 7.05 Å². The lowest BCUT2D eigenvalue weighted by atomic mass is 10.0. The molecule has 0 aliphatic carbocycles. The van der Waals surface area contributed by atoms with Gasteiger partial charge in [0, 0.05) is 49.2 Å². The number of urea groups is 1. The molecular weight excluding hydrogens is 729 g/mol. The smallest absolute Gasteiger partial charge is 0.408 e. The molecule has 8 N–H and O–H groups in total. The number of nitrogens with two attached hydrogens (primary N) is 1. The molecule has 304 valence electrons. The number of H-pyrrole nitrogens is 1. The lowest BCUT2D eigenvalue weighted by Crippen LogP contribution is -2.56. The minimum absolute atomic E-state index is 0.0735. The van der Waals surface area contributed by atoms with Crippen LogP contribution in [0.2, 0.25) is 0 Å². The quantitative estimate of drug-likeness (QED) is 0.0734. The van der Waals surface area contributed by atoms with Gasteiger partial charge in [-0.25, -0.2) is 9.59 Å². The number of alkyl carbamates (subject to hydrolysis) is 1. The number of aryl methyl sites for hydroxylation is 1. The van der Waals surface area contributed by atoms with E-state index in [2.05, 4.69) is 31.6 Å². The Morgan fingerprint density at radius 1 is 0.807 bits per heavy atom. The summed E-state index contributed by atoms with van der Waals surface area (Å²) < 4.78 is 5.47. The number of hydrogen-bond donors (Lipinski definition) is 7. The largest absolute Gasteiger partial charge is 0.444 e. The van der Waals surface area contributed by atoms with Crippen molar-refractivity contribution in [2.45, 2.75) is 83.5 Å². The van der Waals surface area contributed by atoms with E-state index >= 15 is 0 Å². The summed E-state index contributed by atoms with van der Waals surface area (Å²) in [5.41, 5.74) is 8.74. The Morgan fingerprint density at radius 3 is 2.19 bits per heavy atom. The molecule has 57 heavy (non-hydrogen) atoms. The highest BCUT2D eigenvalue weighted by atomic mass is 16.6. The number of hydrogen-bond acceptors (Lipinski definition) is 7. The molecule has 0 fully saturated rings. The maximum Gasteiger partial charge on any atom is 0.408 e. The highest BCUT2D eigenvalue weighted by Gasteiger charge is 2.31. The van der Waals surface area contributed by atoms with Crippen LogP contribution in [-0.2, 0) is 36.8 Å². The van der Waals surface area contributed by atoms with Crippen LogP contribution in [0.1, 0.15) is 56.7 Å². The number of unbranched alkanes of at least 4 members (excludes halogenated alkanes) is 1. The lowest BCUT2D eigenvalue weighted by Gasteiger charge is -2.28. The van der Waals surface area contributed by atoms with Gasteiger partial charge in [0.1, 0.15) is 23.7 Å². The summed E-state index contributed by atoms with van der Waals surface area (Å²) in [7, 11) is 1.41. The number of anilines is 1. The molecule has 4 aromatic rings. The first-order valence-corrected chi connectivity index (χ1v) is 18.9. The number of carbonyl (C=O) groups is 6. The average Bonchev–Trinajstić information content (AvgIpc) is 3.56. The number of benzene rings is 3. The Hall–Kier alpha value is -6.38. The SMILES string of the molecule is Cc1ccccc1NC(=O)NCCCC[C@H](NC(=O)[C@H](Cc1c[nH]c2ccccc12)NC(=O)OC(C)(C)C)C(=O)N(C)CC(=O)N[C@@H](Cc1ccccc1)C(N)=O. The third-order valence-electron chi connectivity index (χ3n) is 9.04. The van der Waals surface area contributed by atoms with Crippen LogP contribution >= 0.6 is 0 Å². The lowest BCUT2D eigenvalue weighted by molar-refractivity contribution is -0.139. The second kappa shape index (κ2) is 20.5. The number of nitrogens with one attached hydrogen (secondary N) is 6. The van der Waals surface area contributed by atoms with Crippen molar-refractivity contribution in [1.82, 2.24) is 31.2 Å². The molecule has 0 bridgehead atoms. The van der Waals surface area contributed by atoms with Crippen LogP contribution in [0.25, 0.3) is 10.9 Å². The molecule has 1 heterocycles. The Balaban J connectivity index is 1.47. The van der Waals surface area contributed by atoms with Crippen molar-refractivity contribution in [2.24, 2.45) is 5.73 Å². The molecule has 3 aromatic carbocycles. The molecule has 4 rings (SSSR count). The first-order chi connectivity index (χ1) is 27.1. The van der Waals surface area contributed by atoms with E-state index in [0.717, 1.165) is 32.5 Å². The summed E-state index contributed by atoms with van der Waals surface area (Å²) in [6, 6.07) is 20.3. The fourth-order valence-corrected chi connectivity index (χ4v) is 6.14. The summed E-state index contributed by atoms with van der Waals surface area (Å²) in [4.78, 5) is 83.3. The monoisotopic (exact) mass is 782 g/mol. The molecule has 1 aromatic heterocycles. The van der Waals surface area contributed by atoms with Crippen LogP contribution in [0.15, 0.2) is 85.1 Å². The van der Waals surface area contributed by atoms with E-state index in [0.29, 0.717) is 18.5 Å². The van der Waals surface area contributed by atoms with Crippen molar-refractivity contribution in [3.63, 3.8) is 0 Å². The van der Waals surface area contributed by atoms with Crippen LogP contribution < -0.4 is 32.3 Å². The third kappa shape index (κ3) is 14.0. The molecule has 0 saturated heterocycles. The zero-order valence-corrected chi connectivity index (χ0v) is 33.1. The standard InChI is InChI=1S/C42H54N8O7/c1-27-15-9-11-19-31(27)48-40(55)44-22-14-13-21-33(39(54)50(5)26-36(51)46-34(37(43)52)23-28-16-7-6-8-17-28)47-38(53)35(49-41(56)57-42(2,3)4)24-29-25-45-32-20-12-10-18-30(29)32/h6-12,15-20,25,33-35,45H,13-14,21-24,26H2,1-5H3,(H2,43,52)(H,46,51)(H,47,53)(H,49,56)(H2,44,48,55)/t33-,34-,35-/m0/s1. The predicted molar refractivity (Wildman–Crippen MR) is 218 cm³/mol. The molecule has 0 spiro atoms. The fraction of sp³-hybridized carbons (Fsp3) is 0.381. The van der Waals surface area contributed by atoms with Crippen LogP contribution in [0.5, 0.6) is 0 Å². The maximum absolute atomic E-state index is 14.1. The van der Waals surface area contributed by atoms with Gasteiger partial charge >= 0.3 is 12.1 Å². The maximum atomic E-state index is 14.1. The van der Waals surface area contributed by atoms with E-state index in [9.17, 15) is 28.8 Å². The van der Waals surface area contributed by atoms with E-state index < -0.39 is 60.0 Å². The molecule has 0 unspecified atom stereocenters. The average molecular weight is 783 g/mol. The van der Waals surface area contributed by atoms with Crippen molar-refractivity contribution in [3.8, 4) is 0 Å². The summed E-state index contributed by atoms with van der Waals surface area (Å²) in [5.74, 6) is -2.57. The molecular formula is C42H54N8O7. The molecule has 0 saturated carbocycles. The van der Waals surface area contributed by atoms with Crippen molar-refractivity contribution < 1.29 is 33.5 Å².